The fourth-order valence-electron chi connectivity index (χ4n) is 2.43. The number of rotatable bonds is 4. The van der Waals surface area contributed by atoms with Crippen molar-refractivity contribution in [2.45, 2.75) is 6.54 Å². The van der Waals surface area contributed by atoms with Crippen LogP contribution in [0.15, 0.2) is 47.3 Å². The van der Waals surface area contributed by atoms with Crippen molar-refractivity contribution in [3.8, 4) is 0 Å². The molecule has 0 saturated heterocycles. The van der Waals surface area contributed by atoms with Gasteiger partial charge in [-0.2, -0.15) is 11.3 Å². The van der Waals surface area contributed by atoms with Gasteiger partial charge in [0.05, 0.1) is 11.2 Å². The van der Waals surface area contributed by atoms with Gasteiger partial charge in [0.25, 0.3) is 0 Å². The number of benzene rings is 1. The van der Waals surface area contributed by atoms with E-state index in [1.165, 1.54) is 11.8 Å². The number of thiophene rings is 1. The smallest absolute Gasteiger partial charge is 0.339 e. The molecule has 0 fully saturated rings. The van der Waals surface area contributed by atoms with E-state index in [1.807, 2.05) is 47.7 Å². The van der Waals surface area contributed by atoms with E-state index in [0.29, 0.717) is 12.2 Å². The van der Waals surface area contributed by atoms with Crippen LogP contribution in [0.2, 0.25) is 0 Å². The van der Waals surface area contributed by atoms with Gasteiger partial charge in [-0.25, -0.2) is 4.79 Å². The summed E-state index contributed by atoms with van der Waals surface area (Å²) in [6, 6.07) is 9.65. The molecule has 1 N–H and O–H groups in total. The van der Waals surface area contributed by atoms with Crippen LogP contribution in [0.5, 0.6) is 0 Å². The molecule has 0 aliphatic carbocycles. The van der Waals surface area contributed by atoms with Gasteiger partial charge in [0.2, 0.25) is 0 Å². The number of anilines is 1. The Balaban J connectivity index is 2.13. The van der Waals surface area contributed by atoms with E-state index >= 15 is 0 Å². The lowest BCUT2D eigenvalue weighted by atomic mass is 10.1. The van der Waals surface area contributed by atoms with Crippen molar-refractivity contribution in [2.24, 2.45) is 0 Å². The predicted molar refractivity (Wildman–Crippen MR) is 85.1 cm³/mol. The summed E-state index contributed by atoms with van der Waals surface area (Å²) in [6.45, 7) is 0.664. The quantitative estimate of drug-likeness (QED) is 0.799. The molecular formula is C16H14N2O2S. The summed E-state index contributed by atoms with van der Waals surface area (Å²) in [5, 5.41) is 14.4. The number of carbonyl (C=O) groups is 1. The first kappa shape index (κ1) is 13.6. The highest BCUT2D eigenvalue weighted by Crippen LogP contribution is 2.30. The largest absolute Gasteiger partial charge is 0.478 e. The van der Waals surface area contributed by atoms with E-state index in [9.17, 15) is 9.90 Å². The first-order valence-electron chi connectivity index (χ1n) is 6.50. The Morgan fingerprint density at radius 3 is 2.86 bits per heavy atom. The van der Waals surface area contributed by atoms with Crippen LogP contribution in [0, 0.1) is 0 Å². The predicted octanol–water partition coefficient (Wildman–Crippen LogP) is 3.63. The average Bonchev–Trinajstić information content (AvgIpc) is 2.98. The van der Waals surface area contributed by atoms with E-state index in [2.05, 4.69) is 10.4 Å². The maximum absolute atomic E-state index is 11.5. The van der Waals surface area contributed by atoms with E-state index in [-0.39, 0.29) is 5.56 Å². The fraction of sp³-hybridized carbons (Fsp3) is 0.125. The highest BCUT2D eigenvalue weighted by atomic mass is 32.1. The van der Waals surface area contributed by atoms with Gasteiger partial charge in [-0.1, -0.05) is 18.2 Å². The number of fused-ring (bicyclic) bond motifs is 1. The third kappa shape index (κ3) is 2.60. The number of carboxylic acid groups (broad SMARTS) is 1. The van der Waals surface area contributed by atoms with Crippen LogP contribution in [0.1, 0.15) is 15.9 Å². The van der Waals surface area contributed by atoms with Crippen LogP contribution in [-0.4, -0.2) is 23.1 Å². The molecule has 3 rings (SSSR count). The fourth-order valence-corrected chi connectivity index (χ4v) is 3.09. The normalized spacial score (nSPS) is 10.7. The number of hydrogen-bond donors (Lipinski definition) is 1. The van der Waals surface area contributed by atoms with E-state index in [4.69, 9.17) is 0 Å². The van der Waals surface area contributed by atoms with Gasteiger partial charge in [0.1, 0.15) is 5.56 Å². The molecule has 0 bridgehead atoms. The van der Waals surface area contributed by atoms with Crippen molar-refractivity contribution >= 4 is 33.9 Å². The highest BCUT2D eigenvalue weighted by Gasteiger charge is 2.18. The topological polar surface area (TPSA) is 53.4 Å². The number of para-hydroxylation sites is 1. The maximum Gasteiger partial charge on any atom is 0.339 e. The van der Waals surface area contributed by atoms with Crippen molar-refractivity contribution in [1.82, 2.24) is 4.98 Å². The average molecular weight is 298 g/mol. The molecule has 3 aromatic rings. The van der Waals surface area contributed by atoms with Gasteiger partial charge in [0.15, 0.2) is 0 Å². The maximum atomic E-state index is 11.5. The summed E-state index contributed by atoms with van der Waals surface area (Å²) < 4.78 is 0. The zero-order valence-electron chi connectivity index (χ0n) is 11.5. The summed E-state index contributed by atoms with van der Waals surface area (Å²) in [5.74, 6) is -0.958. The Bertz CT molecular complexity index is 784. The second kappa shape index (κ2) is 5.54. The van der Waals surface area contributed by atoms with Crippen molar-refractivity contribution in [1.29, 1.82) is 0 Å². The molecule has 2 aromatic heterocycles. The summed E-state index contributed by atoms with van der Waals surface area (Å²) in [4.78, 5) is 17.7. The molecule has 0 spiro atoms. The zero-order valence-corrected chi connectivity index (χ0v) is 12.3. The van der Waals surface area contributed by atoms with Crippen LogP contribution in [-0.2, 0) is 6.54 Å². The molecule has 0 amide bonds. The minimum atomic E-state index is -0.958. The second-order valence-corrected chi connectivity index (χ2v) is 5.61. The standard InChI is InChI=1S/C16H14N2O2S/c1-18(9-11-6-7-21-10-11)15-12-4-2-3-5-14(12)17-8-13(15)16(19)20/h2-8,10H,9H2,1H3,(H,19,20). The Morgan fingerprint density at radius 1 is 1.33 bits per heavy atom. The van der Waals surface area contributed by atoms with Gasteiger partial charge < -0.3 is 10.0 Å². The number of pyridine rings is 1. The molecule has 0 unspecified atom stereocenters. The van der Waals surface area contributed by atoms with Crippen LogP contribution in [0.25, 0.3) is 10.9 Å². The monoisotopic (exact) mass is 298 g/mol. The van der Waals surface area contributed by atoms with Crippen molar-refractivity contribution < 1.29 is 9.90 Å². The van der Waals surface area contributed by atoms with Crippen LogP contribution in [0.4, 0.5) is 5.69 Å². The lowest BCUT2D eigenvalue weighted by molar-refractivity contribution is 0.0697. The number of carboxylic acids is 1. The first-order valence-corrected chi connectivity index (χ1v) is 7.44. The molecule has 0 atom stereocenters. The van der Waals surface area contributed by atoms with Gasteiger partial charge >= 0.3 is 5.97 Å². The van der Waals surface area contributed by atoms with E-state index in [0.717, 1.165) is 10.9 Å². The van der Waals surface area contributed by atoms with Crippen molar-refractivity contribution in [3.63, 3.8) is 0 Å². The molecule has 106 valence electrons. The molecule has 0 saturated carbocycles. The first-order chi connectivity index (χ1) is 10.2. The summed E-state index contributed by atoms with van der Waals surface area (Å²) >= 11 is 1.64. The molecule has 0 aliphatic heterocycles. The second-order valence-electron chi connectivity index (χ2n) is 4.83. The molecular weight excluding hydrogens is 284 g/mol. The Kier molecular flexibility index (Phi) is 3.58. The number of nitrogens with zero attached hydrogens (tertiary/aromatic N) is 2. The molecule has 21 heavy (non-hydrogen) atoms. The van der Waals surface area contributed by atoms with Crippen molar-refractivity contribution in [3.05, 3.63) is 58.4 Å². The van der Waals surface area contributed by atoms with E-state index in [1.54, 1.807) is 11.3 Å². The van der Waals surface area contributed by atoms with Gasteiger partial charge in [-0.3, -0.25) is 4.98 Å². The number of aromatic carboxylic acids is 1. The molecule has 4 nitrogen and oxygen atoms in total. The molecule has 1 aromatic carbocycles. The van der Waals surface area contributed by atoms with Crippen molar-refractivity contribution in [2.75, 3.05) is 11.9 Å². The Hall–Kier alpha value is -2.40. The number of aromatic nitrogens is 1. The molecule has 2 heterocycles. The molecule has 0 aliphatic rings. The minimum Gasteiger partial charge on any atom is -0.478 e. The zero-order chi connectivity index (χ0) is 14.8. The summed E-state index contributed by atoms with van der Waals surface area (Å²) in [6.07, 6.45) is 1.43. The van der Waals surface area contributed by atoms with Gasteiger partial charge in [-0.15, -0.1) is 0 Å². The SMILES string of the molecule is CN(Cc1ccsc1)c1c(C(=O)O)cnc2ccccc12. The van der Waals surface area contributed by atoms with Gasteiger partial charge in [0, 0.05) is 25.2 Å². The minimum absolute atomic E-state index is 0.228. The van der Waals surface area contributed by atoms with Crippen LogP contribution >= 0.6 is 11.3 Å². The highest BCUT2D eigenvalue weighted by molar-refractivity contribution is 7.07. The van der Waals surface area contributed by atoms with E-state index < -0.39 is 5.97 Å². The lowest BCUT2D eigenvalue weighted by Gasteiger charge is -2.22. The van der Waals surface area contributed by atoms with Crippen LogP contribution in [0.3, 0.4) is 0 Å². The molecule has 5 heteroatoms. The molecule has 0 radical (unpaired) electrons. The van der Waals surface area contributed by atoms with Crippen LogP contribution < -0.4 is 4.90 Å². The summed E-state index contributed by atoms with van der Waals surface area (Å²) in [5.41, 5.74) is 2.90. The third-order valence-electron chi connectivity index (χ3n) is 3.36. The summed E-state index contributed by atoms with van der Waals surface area (Å²) in [7, 11) is 1.91. The Labute approximate surface area is 126 Å². The lowest BCUT2D eigenvalue weighted by Crippen LogP contribution is -2.19. The number of hydrogen-bond acceptors (Lipinski definition) is 4. The third-order valence-corrected chi connectivity index (χ3v) is 4.09. The Morgan fingerprint density at radius 2 is 2.14 bits per heavy atom. The van der Waals surface area contributed by atoms with Gasteiger partial charge in [-0.05, 0) is 28.5 Å².